The lowest BCUT2D eigenvalue weighted by molar-refractivity contribution is 0.319. The maximum absolute atomic E-state index is 6.48. The summed E-state index contributed by atoms with van der Waals surface area (Å²) in [6, 6.07) is 6.62. The summed E-state index contributed by atoms with van der Waals surface area (Å²) in [6.07, 6.45) is 6.99. The molecule has 0 aliphatic heterocycles. The van der Waals surface area contributed by atoms with Crippen LogP contribution in [0, 0.1) is 6.92 Å². The maximum Gasteiger partial charge on any atom is 0.125 e. The van der Waals surface area contributed by atoms with Crippen LogP contribution in [0.15, 0.2) is 18.2 Å². The molecule has 1 unspecified atom stereocenters. The zero-order valence-corrected chi connectivity index (χ0v) is 16.9. The standard InChI is InChI=1S/C21H25Cl2N3/c1-13-24-20(4-3-11-26(2)15-6-7-15)18-10-9-17(21(18)25-13)16-8-5-14(22)12-19(16)23/h5,8,12,15,17H,3-4,6-7,9-11H2,1-2H3. The third-order valence-electron chi connectivity index (χ3n) is 5.68. The van der Waals surface area contributed by atoms with Gasteiger partial charge in [0.2, 0.25) is 0 Å². The van der Waals surface area contributed by atoms with Crippen molar-refractivity contribution in [2.45, 2.75) is 57.4 Å². The Bertz CT molecular complexity index is 817. The van der Waals surface area contributed by atoms with E-state index in [9.17, 15) is 0 Å². The van der Waals surface area contributed by atoms with Gasteiger partial charge in [-0.3, -0.25) is 0 Å². The molecule has 1 atom stereocenters. The first-order chi connectivity index (χ1) is 12.5. The van der Waals surface area contributed by atoms with Crippen molar-refractivity contribution < 1.29 is 0 Å². The monoisotopic (exact) mass is 389 g/mol. The number of nitrogens with zero attached hydrogens (tertiary/aromatic N) is 3. The van der Waals surface area contributed by atoms with E-state index in [0.717, 1.165) is 54.7 Å². The van der Waals surface area contributed by atoms with Crippen molar-refractivity contribution in [1.82, 2.24) is 14.9 Å². The average Bonchev–Trinajstić information content (AvgIpc) is 3.36. The molecular formula is C21H25Cl2N3. The molecule has 2 aliphatic rings. The first-order valence-corrected chi connectivity index (χ1v) is 10.3. The zero-order valence-electron chi connectivity index (χ0n) is 15.4. The van der Waals surface area contributed by atoms with E-state index in [2.05, 4.69) is 11.9 Å². The van der Waals surface area contributed by atoms with Gasteiger partial charge in [0.25, 0.3) is 0 Å². The Morgan fingerprint density at radius 2 is 1.96 bits per heavy atom. The van der Waals surface area contributed by atoms with E-state index < -0.39 is 0 Å². The average molecular weight is 390 g/mol. The number of aromatic nitrogens is 2. The van der Waals surface area contributed by atoms with E-state index >= 15 is 0 Å². The van der Waals surface area contributed by atoms with Crippen LogP contribution in [0.5, 0.6) is 0 Å². The number of halogens is 2. The minimum absolute atomic E-state index is 0.254. The Labute approximate surface area is 165 Å². The largest absolute Gasteiger partial charge is 0.303 e. The molecule has 0 radical (unpaired) electrons. The highest BCUT2D eigenvalue weighted by Gasteiger charge is 2.30. The summed E-state index contributed by atoms with van der Waals surface area (Å²) in [5.41, 5.74) is 4.89. The molecule has 2 aliphatic carbocycles. The van der Waals surface area contributed by atoms with E-state index in [0.29, 0.717) is 5.02 Å². The van der Waals surface area contributed by atoms with Gasteiger partial charge < -0.3 is 4.90 Å². The molecule has 1 fully saturated rings. The smallest absolute Gasteiger partial charge is 0.125 e. The van der Waals surface area contributed by atoms with Crippen molar-refractivity contribution in [3.63, 3.8) is 0 Å². The van der Waals surface area contributed by atoms with Gasteiger partial charge in [-0.1, -0.05) is 29.3 Å². The molecule has 0 saturated heterocycles. The predicted molar refractivity (Wildman–Crippen MR) is 107 cm³/mol. The summed E-state index contributed by atoms with van der Waals surface area (Å²) in [6.45, 7) is 3.15. The summed E-state index contributed by atoms with van der Waals surface area (Å²) in [5, 5.41) is 1.41. The van der Waals surface area contributed by atoms with Gasteiger partial charge in [0.15, 0.2) is 0 Å². The summed E-state index contributed by atoms with van der Waals surface area (Å²) >= 11 is 12.5. The molecule has 0 spiro atoms. The molecule has 5 heteroatoms. The second-order valence-electron chi connectivity index (χ2n) is 7.65. The van der Waals surface area contributed by atoms with E-state index in [4.69, 9.17) is 33.2 Å². The lowest BCUT2D eigenvalue weighted by atomic mass is 9.96. The van der Waals surface area contributed by atoms with Crippen molar-refractivity contribution >= 4 is 23.2 Å². The van der Waals surface area contributed by atoms with Crippen LogP contribution in [0.1, 0.15) is 59.9 Å². The van der Waals surface area contributed by atoms with E-state index in [-0.39, 0.29) is 5.92 Å². The van der Waals surface area contributed by atoms with Crippen LogP contribution in [0.25, 0.3) is 0 Å². The van der Waals surface area contributed by atoms with Gasteiger partial charge in [-0.05, 0) is 82.3 Å². The molecule has 1 saturated carbocycles. The fourth-order valence-electron chi connectivity index (χ4n) is 4.15. The van der Waals surface area contributed by atoms with Crippen molar-refractivity contribution in [1.29, 1.82) is 0 Å². The molecule has 2 aromatic rings. The zero-order chi connectivity index (χ0) is 18.3. The minimum atomic E-state index is 0.254. The van der Waals surface area contributed by atoms with Gasteiger partial charge in [0, 0.05) is 27.7 Å². The second-order valence-corrected chi connectivity index (χ2v) is 8.50. The van der Waals surface area contributed by atoms with Crippen LogP contribution in [0.4, 0.5) is 0 Å². The molecule has 1 aromatic heterocycles. The number of benzene rings is 1. The third kappa shape index (κ3) is 3.76. The SMILES string of the molecule is Cc1nc(CCCN(C)C2CC2)c2c(n1)C(c1ccc(Cl)cc1Cl)CC2. The first kappa shape index (κ1) is 18.2. The summed E-state index contributed by atoms with van der Waals surface area (Å²) in [7, 11) is 2.24. The summed E-state index contributed by atoms with van der Waals surface area (Å²) in [5.74, 6) is 1.12. The second kappa shape index (κ2) is 7.46. The van der Waals surface area contributed by atoms with Gasteiger partial charge in [0.1, 0.15) is 5.82 Å². The molecule has 1 aromatic carbocycles. The molecule has 0 bridgehead atoms. The number of hydrogen-bond donors (Lipinski definition) is 0. The van der Waals surface area contributed by atoms with Crippen LogP contribution >= 0.6 is 23.2 Å². The normalized spacial score (nSPS) is 19.2. The van der Waals surface area contributed by atoms with Crippen LogP contribution < -0.4 is 0 Å². The summed E-state index contributed by atoms with van der Waals surface area (Å²) in [4.78, 5) is 12.1. The number of fused-ring (bicyclic) bond motifs is 1. The molecule has 3 nitrogen and oxygen atoms in total. The fraction of sp³-hybridized carbons (Fsp3) is 0.524. The van der Waals surface area contributed by atoms with Gasteiger partial charge in [0.05, 0.1) is 5.69 Å². The van der Waals surface area contributed by atoms with E-state index in [1.54, 1.807) is 0 Å². The number of rotatable bonds is 6. The predicted octanol–water partition coefficient (Wildman–Crippen LogP) is 5.20. The van der Waals surface area contributed by atoms with Crippen LogP contribution in [-0.4, -0.2) is 34.5 Å². The number of aryl methyl sites for hydroxylation is 2. The molecular weight excluding hydrogens is 365 g/mol. The molecule has 1 heterocycles. The topological polar surface area (TPSA) is 29.0 Å². The molecule has 0 N–H and O–H groups in total. The Kier molecular flexibility index (Phi) is 5.22. The Morgan fingerprint density at radius 1 is 1.15 bits per heavy atom. The Hall–Kier alpha value is -1.16. The van der Waals surface area contributed by atoms with Crippen LogP contribution in [0.3, 0.4) is 0 Å². The highest BCUT2D eigenvalue weighted by atomic mass is 35.5. The van der Waals surface area contributed by atoms with Crippen molar-refractivity contribution in [3.8, 4) is 0 Å². The lowest BCUT2D eigenvalue weighted by Gasteiger charge is -2.17. The van der Waals surface area contributed by atoms with Crippen molar-refractivity contribution in [2.75, 3.05) is 13.6 Å². The lowest BCUT2D eigenvalue weighted by Crippen LogP contribution is -2.22. The fourth-order valence-corrected chi connectivity index (χ4v) is 4.69. The quantitative estimate of drug-likeness (QED) is 0.679. The van der Waals surface area contributed by atoms with Crippen LogP contribution in [0.2, 0.25) is 10.0 Å². The van der Waals surface area contributed by atoms with E-state index in [1.807, 2.05) is 25.1 Å². The molecule has 26 heavy (non-hydrogen) atoms. The Morgan fingerprint density at radius 3 is 2.69 bits per heavy atom. The van der Waals surface area contributed by atoms with Crippen molar-refractivity contribution in [3.05, 3.63) is 56.6 Å². The number of hydrogen-bond acceptors (Lipinski definition) is 3. The van der Waals surface area contributed by atoms with Gasteiger partial charge in [-0.2, -0.15) is 0 Å². The van der Waals surface area contributed by atoms with Gasteiger partial charge in [-0.25, -0.2) is 9.97 Å². The maximum atomic E-state index is 6.48. The van der Waals surface area contributed by atoms with Gasteiger partial charge >= 0.3 is 0 Å². The van der Waals surface area contributed by atoms with E-state index in [1.165, 1.54) is 29.8 Å². The highest BCUT2D eigenvalue weighted by Crippen LogP contribution is 2.41. The molecule has 138 valence electrons. The first-order valence-electron chi connectivity index (χ1n) is 9.54. The molecule has 4 rings (SSSR count). The highest BCUT2D eigenvalue weighted by molar-refractivity contribution is 6.35. The minimum Gasteiger partial charge on any atom is -0.303 e. The van der Waals surface area contributed by atoms with Gasteiger partial charge in [-0.15, -0.1) is 0 Å². The Balaban J connectivity index is 1.55. The van der Waals surface area contributed by atoms with Crippen molar-refractivity contribution in [2.24, 2.45) is 0 Å². The third-order valence-corrected chi connectivity index (χ3v) is 6.24. The molecule has 0 amide bonds. The van der Waals surface area contributed by atoms with Crippen LogP contribution in [-0.2, 0) is 12.8 Å². The summed E-state index contributed by atoms with van der Waals surface area (Å²) < 4.78 is 0.